The minimum atomic E-state index is -0.507. The Bertz CT molecular complexity index is 1080. The van der Waals surface area contributed by atoms with Crippen LogP contribution in [0.1, 0.15) is 10.4 Å². The fraction of sp³-hybridized carbons (Fsp3) is 0.190. The van der Waals surface area contributed by atoms with Crippen LogP contribution < -0.4 is 10.2 Å². The van der Waals surface area contributed by atoms with E-state index in [0.717, 1.165) is 0 Å². The molecule has 0 aliphatic carbocycles. The third-order valence-corrected chi connectivity index (χ3v) is 5.11. The van der Waals surface area contributed by atoms with Crippen molar-refractivity contribution in [1.82, 2.24) is 4.57 Å². The number of carbonyl (C=O) groups excluding carboxylic acids is 1. The zero-order chi connectivity index (χ0) is 21.1. The highest BCUT2D eigenvalue weighted by molar-refractivity contribution is 6.31. The molecule has 1 aromatic heterocycles. The number of halogens is 1. The molecule has 0 unspecified atom stereocenters. The number of hydrogen-bond acceptors (Lipinski definition) is 5. The Labute approximate surface area is 177 Å². The van der Waals surface area contributed by atoms with Crippen LogP contribution in [-0.2, 0) is 4.74 Å². The third-order valence-electron chi connectivity index (χ3n) is 4.88. The van der Waals surface area contributed by atoms with Crippen molar-refractivity contribution in [2.24, 2.45) is 0 Å². The maximum Gasteiger partial charge on any atom is 0.270 e. The summed E-state index contributed by atoms with van der Waals surface area (Å²) in [4.78, 5) is 26.0. The van der Waals surface area contributed by atoms with Crippen LogP contribution in [-0.4, -0.2) is 41.7 Å². The smallest absolute Gasteiger partial charge is 0.270 e. The predicted molar refractivity (Wildman–Crippen MR) is 115 cm³/mol. The van der Waals surface area contributed by atoms with Gasteiger partial charge in [0, 0.05) is 42.6 Å². The molecule has 1 N–H and O–H groups in total. The molecular weight excluding hydrogens is 408 g/mol. The van der Waals surface area contributed by atoms with Gasteiger partial charge in [-0.05, 0) is 36.4 Å². The van der Waals surface area contributed by atoms with E-state index < -0.39 is 10.8 Å². The fourth-order valence-electron chi connectivity index (χ4n) is 3.41. The van der Waals surface area contributed by atoms with Crippen LogP contribution in [0.2, 0.25) is 5.02 Å². The van der Waals surface area contributed by atoms with Crippen LogP contribution in [0.3, 0.4) is 0 Å². The molecule has 0 spiro atoms. The molecule has 0 radical (unpaired) electrons. The minimum absolute atomic E-state index is 0.140. The van der Waals surface area contributed by atoms with Crippen molar-refractivity contribution in [2.75, 3.05) is 36.5 Å². The first kappa shape index (κ1) is 19.9. The number of nitro benzene ring substituents is 1. The number of nitro groups is 1. The highest BCUT2D eigenvalue weighted by Gasteiger charge is 2.23. The second kappa shape index (κ2) is 8.56. The quantitative estimate of drug-likeness (QED) is 0.489. The van der Waals surface area contributed by atoms with E-state index in [-0.39, 0.29) is 11.3 Å². The number of nitrogens with one attached hydrogen (secondary N) is 1. The largest absolute Gasteiger partial charge is 0.378 e. The summed E-state index contributed by atoms with van der Waals surface area (Å²) >= 11 is 6.15. The van der Waals surface area contributed by atoms with E-state index in [0.29, 0.717) is 48.4 Å². The lowest BCUT2D eigenvalue weighted by atomic mass is 10.1. The molecule has 0 saturated carbocycles. The molecule has 9 heteroatoms. The Hall–Kier alpha value is -3.36. The monoisotopic (exact) mass is 426 g/mol. The van der Waals surface area contributed by atoms with Crippen LogP contribution in [0.4, 0.5) is 17.1 Å². The summed E-state index contributed by atoms with van der Waals surface area (Å²) in [5.74, 6) is -0.434. The Morgan fingerprint density at radius 2 is 1.80 bits per heavy atom. The number of benzene rings is 2. The summed E-state index contributed by atoms with van der Waals surface area (Å²) in [6, 6.07) is 13.2. The Kier molecular flexibility index (Phi) is 5.69. The predicted octanol–water partition coefficient (Wildman–Crippen LogP) is 4.13. The van der Waals surface area contributed by atoms with Crippen LogP contribution >= 0.6 is 11.6 Å². The Morgan fingerprint density at radius 1 is 1.07 bits per heavy atom. The number of aromatic nitrogens is 1. The first-order chi connectivity index (χ1) is 14.5. The lowest BCUT2D eigenvalue weighted by molar-refractivity contribution is -0.384. The van der Waals surface area contributed by atoms with E-state index in [4.69, 9.17) is 16.3 Å². The number of hydrogen-bond donors (Lipinski definition) is 1. The SMILES string of the molecule is O=C(Nc1ccc(Cl)cc1-n1cccc1)c1cc([N+](=O)[O-])ccc1N1CCOCC1. The molecular formula is C21H19ClN4O4. The van der Waals surface area contributed by atoms with E-state index in [1.165, 1.54) is 12.1 Å². The van der Waals surface area contributed by atoms with Crippen molar-refractivity contribution in [2.45, 2.75) is 0 Å². The van der Waals surface area contributed by atoms with Crippen molar-refractivity contribution < 1.29 is 14.5 Å². The van der Waals surface area contributed by atoms with Gasteiger partial charge in [0.2, 0.25) is 0 Å². The molecule has 1 fully saturated rings. The van der Waals surface area contributed by atoms with Crippen molar-refractivity contribution in [1.29, 1.82) is 0 Å². The van der Waals surface area contributed by atoms with Gasteiger partial charge >= 0.3 is 0 Å². The number of rotatable bonds is 5. The standard InChI is InChI=1S/C21H19ClN4O4/c22-15-3-5-18(20(13-15)24-7-1-2-8-24)23-21(27)17-14-16(26(28)29)4-6-19(17)25-9-11-30-12-10-25/h1-8,13-14H,9-12H2,(H,23,27). The summed E-state index contributed by atoms with van der Waals surface area (Å²) in [5.41, 5.74) is 1.97. The number of amides is 1. The number of carbonyl (C=O) groups is 1. The fourth-order valence-corrected chi connectivity index (χ4v) is 3.57. The lowest BCUT2D eigenvalue weighted by Crippen LogP contribution is -2.37. The Morgan fingerprint density at radius 3 is 2.50 bits per heavy atom. The Balaban J connectivity index is 1.71. The van der Waals surface area contributed by atoms with Gasteiger partial charge in [0.05, 0.1) is 40.8 Å². The third kappa shape index (κ3) is 4.14. The molecule has 0 bridgehead atoms. The molecule has 1 aliphatic rings. The zero-order valence-electron chi connectivity index (χ0n) is 16.0. The van der Waals surface area contributed by atoms with Crippen LogP contribution in [0, 0.1) is 10.1 Å². The van der Waals surface area contributed by atoms with Crippen molar-refractivity contribution in [3.8, 4) is 5.69 Å². The summed E-state index contributed by atoms with van der Waals surface area (Å²) in [5, 5.41) is 14.7. The molecule has 4 rings (SSSR count). The highest BCUT2D eigenvalue weighted by Crippen LogP contribution is 2.29. The van der Waals surface area contributed by atoms with Crippen LogP contribution in [0.15, 0.2) is 60.9 Å². The first-order valence-electron chi connectivity index (χ1n) is 9.38. The van der Waals surface area contributed by atoms with Crippen molar-refractivity contribution in [3.63, 3.8) is 0 Å². The number of anilines is 2. The maximum absolute atomic E-state index is 13.2. The molecule has 2 aromatic carbocycles. The van der Waals surface area contributed by atoms with E-state index in [2.05, 4.69) is 5.32 Å². The minimum Gasteiger partial charge on any atom is -0.378 e. The molecule has 30 heavy (non-hydrogen) atoms. The number of nitrogens with zero attached hydrogens (tertiary/aromatic N) is 3. The molecule has 2 heterocycles. The van der Waals surface area contributed by atoms with Crippen molar-refractivity contribution in [3.05, 3.63) is 81.6 Å². The molecule has 1 saturated heterocycles. The van der Waals surface area contributed by atoms with Gasteiger partial charge in [-0.3, -0.25) is 14.9 Å². The lowest BCUT2D eigenvalue weighted by Gasteiger charge is -2.30. The van der Waals surface area contributed by atoms with Gasteiger partial charge in [-0.2, -0.15) is 0 Å². The van der Waals surface area contributed by atoms with Gasteiger partial charge in [0.25, 0.3) is 11.6 Å². The second-order valence-electron chi connectivity index (χ2n) is 6.76. The van der Waals surface area contributed by atoms with Gasteiger partial charge in [0.1, 0.15) is 0 Å². The van der Waals surface area contributed by atoms with Gasteiger partial charge in [-0.1, -0.05) is 11.6 Å². The average Bonchev–Trinajstić information content (AvgIpc) is 3.30. The number of non-ortho nitro benzene ring substituents is 1. The zero-order valence-corrected chi connectivity index (χ0v) is 16.7. The van der Waals surface area contributed by atoms with E-state index >= 15 is 0 Å². The van der Waals surface area contributed by atoms with Gasteiger partial charge in [-0.15, -0.1) is 0 Å². The number of ether oxygens (including phenoxy) is 1. The van der Waals surface area contributed by atoms with E-state index in [1.54, 1.807) is 24.3 Å². The molecule has 154 valence electrons. The average molecular weight is 427 g/mol. The summed E-state index contributed by atoms with van der Waals surface area (Å²) < 4.78 is 7.21. The summed E-state index contributed by atoms with van der Waals surface area (Å²) in [6.07, 6.45) is 3.68. The van der Waals surface area contributed by atoms with Crippen LogP contribution in [0.25, 0.3) is 5.69 Å². The second-order valence-corrected chi connectivity index (χ2v) is 7.20. The van der Waals surface area contributed by atoms with Gasteiger partial charge in [-0.25, -0.2) is 0 Å². The summed E-state index contributed by atoms with van der Waals surface area (Å²) in [7, 11) is 0. The van der Waals surface area contributed by atoms with Gasteiger partial charge < -0.3 is 19.5 Å². The topological polar surface area (TPSA) is 89.6 Å². The molecule has 1 aliphatic heterocycles. The highest BCUT2D eigenvalue weighted by atomic mass is 35.5. The molecule has 8 nitrogen and oxygen atoms in total. The van der Waals surface area contributed by atoms with Gasteiger partial charge in [0.15, 0.2) is 0 Å². The molecule has 1 amide bonds. The summed E-state index contributed by atoms with van der Waals surface area (Å²) in [6.45, 7) is 2.28. The van der Waals surface area contributed by atoms with E-state index in [9.17, 15) is 14.9 Å². The van der Waals surface area contributed by atoms with E-state index in [1.807, 2.05) is 34.0 Å². The molecule has 0 atom stereocenters. The number of morpholine rings is 1. The molecule has 3 aromatic rings. The van der Waals surface area contributed by atoms with Crippen molar-refractivity contribution >= 4 is 34.6 Å². The first-order valence-corrected chi connectivity index (χ1v) is 9.76. The normalized spacial score (nSPS) is 13.8. The maximum atomic E-state index is 13.2. The van der Waals surface area contributed by atoms with Crippen LogP contribution in [0.5, 0.6) is 0 Å².